The van der Waals surface area contributed by atoms with E-state index in [0.717, 1.165) is 28.9 Å². The molecule has 0 aliphatic heterocycles. The highest BCUT2D eigenvalue weighted by molar-refractivity contribution is 5.79. The van der Waals surface area contributed by atoms with Crippen LogP contribution in [0.3, 0.4) is 0 Å². The summed E-state index contributed by atoms with van der Waals surface area (Å²) in [5.41, 5.74) is 8.95. The molecule has 8 heteroatoms. The molecule has 0 unspecified atom stereocenters. The second kappa shape index (κ2) is 16.5. The highest BCUT2D eigenvalue weighted by Gasteiger charge is 2.30. The molecule has 38 heavy (non-hydrogen) atoms. The molecular weight excluding hydrogens is 484 g/mol. The third-order valence-electron chi connectivity index (χ3n) is 6.70. The van der Waals surface area contributed by atoms with Crippen LogP contribution in [-0.2, 0) is 20.9 Å². The molecule has 5 N–H and O–H groups in total. The van der Waals surface area contributed by atoms with Crippen LogP contribution in [0.4, 0.5) is 0 Å². The summed E-state index contributed by atoms with van der Waals surface area (Å²) in [6.45, 7) is 9.33. The van der Waals surface area contributed by atoms with Crippen molar-refractivity contribution in [3.63, 3.8) is 0 Å². The van der Waals surface area contributed by atoms with E-state index in [9.17, 15) is 15.0 Å². The second-order valence-corrected chi connectivity index (χ2v) is 10.3. The largest absolute Gasteiger partial charge is 0.493 e. The van der Waals surface area contributed by atoms with E-state index in [1.807, 2.05) is 69.3 Å². The number of carbonyl (C=O) groups excluding carboxylic acids is 1. The van der Waals surface area contributed by atoms with Gasteiger partial charge in [0.15, 0.2) is 0 Å². The van der Waals surface area contributed by atoms with E-state index in [1.165, 1.54) is 0 Å². The molecule has 0 saturated heterocycles. The van der Waals surface area contributed by atoms with Crippen molar-refractivity contribution >= 4 is 5.91 Å². The minimum absolute atomic E-state index is 0.0197. The van der Waals surface area contributed by atoms with Gasteiger partial charge in [0.25, 0.3) is 0 Å². The van der Waals surface area contributed by atoms with Gasteiger partial charge in [0.1, 0.15) is 5.75 Å². The van der Waals surface area contributed by atoms with Gasteiger partial charge in [0, 0.05) is 26.1 Å². The first-order valence-electron chi connectivity index (χ1n) is 13.4. The topological polar surface area (TPSA) is 123 Å². The summed E-state index contributed by atoms with van der Waals surface area (Å²) < 4.78 is 16.7. The number of carbonyl (C=O) groups is 1. The summed E-state index contributed by atoms with van der Waals surface area (Å²) >= 11 is 0. The van der Waals surface area contributed by atoms with E-state index in [4.69, 9.17) is 19.9 Å². The summed E-state index contributed by atoms with van der Waals surface area (Å²) in [7, 11) is 1.67. The number of rotatable bonds is 17. The number of aliphatic hydroxyl groups excluding tert-OH is 2. The summed E-state index contributed by atoms with van der Waals surface area (Å²) in [6.07, 6.45) is -0.732. The lowest BCUT2D eigenvalue weighted by Gasteiger charge is -2.28. The Hall–Kier alpha value is -2.49. The maximum Gasteiger partial charge on any atom is 0.223 e. The molecule has 5 atom stereocenters. The van der Waals surface area contributed by atoms with E-state index in [2.05, 4.69) is 5.32 Å². The average Bonchev–Trinajstić information content (AvgIpc) is 2.90. The van der Waals surface area contributed by atoms with Crippen molar-refractivity contribution in [2.24, 2.45) is 17.6 Å². The summed E-state index contributed by atoms with van der Waals surface area (Å²) in [4.78, 5) is 13.0. The van der Waals surface area contributed by atoms with Gasteiger partial charge in [-0.1, -0.05) is 56.3 Å². The number of ether oxygens (including phenoxy) is 3. The molecule has 0 aliphatic carbocycles. The van der Waals surface area contributed by atoms with E-state index in [-0.39, 0.29) is 24.9 Å². The SMILES string of the molecule is COCCCOc1cc(COC[C@H](N)[C@@H](O)C[C@H](C(=O)N[C@@H](C)[C@H](O)c2ccccc2)C(C)C)ccc1C. The lowest BCUT2D eigenvalue weighted by molar-refractivity contribution is -0.129. The molecule has 0 heterocycles. The van der Waals surface area contributed by atoms with Crippen molar-refractivity contribution in [1.29, 1.82) is 0 Å². The third-order valence-corrected chi connectivity index (χ3v) is 6.70. The molecule has 0 bridgehead atoms. The van der Waals surface area contributed by atoms with Crippen LogP contribution in [-0.4, -0.2) is 61.2 Å². The first-order chi connectivity index (χ1) is 18.1. The Morgan fingerprint density at radius 2 is 1.76 bits per heavy atom. The number of nitrogens with two attached hydrogens (primary N) is 1. The molecule has 2 rings (SSSR count). The molecule has 8 nitrogen and oxygen atoms in total. The minimum Gasteiger partial charge on any atom is -0.493 e. The Kier molecular flexibility index (Phi) is 13.7. The van der Waals surface area contributed by atoms with E-state index >= 15 is 0 Å². The fourth-order valence-electron chi connectivity index (χ4n) is 4.17. The standard InChI is InChI=1S/C30H46N2O6/c1-20(2)25(30(35)32-22(4)29(34)24-10-7-6-8-11-24)17-27(33)26(31)19-37-18-23-13-12-21(3)28(16-23)38-15-9-14-36-5/h6-8,10-13,16,20,22,25-27,29,33-34H,9,14-15,17-19,31H2,1-5H3,(H,32,35)/t22-,25-,26-,27-,29-/m0/s1. The van der Waals surface area contributed by atoms with Crippen LogP contribution in [0.15, 0.2) is 48.5 Å². The molecule has 2 aromatic carbocycles. The molecule has 0 saturated carbocycles. The Bertz CT molecular complexity index is 955. The predicted molar refractivity (Wildman–Crippen MR) is 149 cm³/mol. The first-order valence-corrected chi connectivity index (χ1v) is 13.4. The van der Waals surface area contributed by atoms with E-state index in [0.29, 0.717) is 19.8 Å². The number of methoxy groups -OCH3 is 1. The van der Waals surface area contributed by atoms with Gasteiger partial charge < -0.3 is 35.5 Å². The molecule has 0 aromatic heterocycles. The van der Waals surface area contributed by atoms with Gasteiger partial charge in [-0.05, 0) is 48.9 Å². The van der Waals surface area contributed by atoms with Gasteiger partial charge in [0.05, 0.1) is 44.1 Å². The van der Waals surface area contributed by atoms with Gasteiger partial charge in [0.2, 0.25) is 5.91 Å². The molecule has 0 radical (unpaired) electrons. The molecule has 212 valence electrons. The molecule has 0 aliphatic rings. The zero-order chi connectivity index (χ0) is 28.1. The monoisotopic (exact) mass is 530 g/mol. The average molecular weight is 531 g/mol. The number of aliphatic hydroxyl groups is 2. The normalized spacial score (nSPS) is 15.5. The van der Waals surface area contributed by atoms with E-state index in [1.54, 1.807) is 14.0 Å². The number of amides is 1. The van der Waals surface area contributed by atoms with E-state index < -0.39 is 30.2 Å². The molecule has 1 amide bonds. The zero-order valence-corrected chi connectivity index (χ0v) is 23.4. The quantitative estimate of drug-likeness (QED) is 0.231. The van der Waals surface area contributed by atoms with Crippen molar-refractivity contribution in [3.8, 4) is 5.75 Å². The Morgan fingerprint density at radius 1 is 1.05 bits per heavy atom. The summed E-state index contributed by atoms with van der Waals surface area (Å²) in [5, 5.41) is 24.3. The van der Waals surface area contributed by atoms with Crippen LogP contribution < -0.4 is 15.8 Å². The van der Waals surface area contributed by atoms with Crippen LogP contribution >= 0.6 is 0 Å². The van der Waals surface area contributed by atoms with Crippen molar-refractivity contribution in [2.75, 3.05) is 26.9 Å². The Labute approximate surface area is 227 Å². The van der Waals surface area contributed by atoms with Crippen molar-refractivity contribution < 1.29 is 29.2 Å². The fraction of sp³-hybridized carbons (Fsp3) is 0.567. The summed E-state index contributed by atoms with van der Waals surface area (Å²) in [5.74, 6) is 0.112. The van der Waals surface area contributed by atoms with Crippen molar-refractivity contribution in [1.82, 2.24) is 5.32 Å². The molecular formula is C30H46N2O6. The molecule has 2 aromatic rings. The second-order valence-electron chi connectivity index (χ2n) is 10.3. The maximum absolute atomic E-state index is 13.0. The maximum atomic E-state index is 13.0. The van der Waals surface area contributed by atoms with Crippen molar-refractivity contribution in [2.45, 2.75) is 71.4 Å². The number of aryl methyl sites for hydroxylation is 1. The highest BCUT2D eigenvalue weighted by Crippen LogP contribution is 2.23. The van der Waals surface area contributed by atoms with Gasteiger partial charge in [-0.15, -0.1) is 0 Å². The number of hydrogen-bond donors (Lipinski definition) is 4. The van der Waals surface area contributed by atoms with Gasteiger partial charge in [-0.25, -0.2) is 0 Å². The number of hydrogen-bond acceptors (Lipinski definition) is 7. The van der Waals surface area contributed by atoms with Gasteiger partial charge in [-0.3, -0.25) is 4.79 Å². The van der Waals surface area contributed by atoms with Gasteiger partial charge in [-0.2, -0.15) is 0 Å². The predicted octanol–water partition coefficient (Wildman–Crippen LogP) is 3.52. The van der Waals surface area contributed by atoms with Crippen molar-refractivity contribution in [3.05, 3.63) is 65.2 Å². The third kappa shape index (κ3) is 10.3. The Balaban J connectivity index is 1.85. The minimum atomic E-state index is -0.916. The van der Waals surface area contributed by atoms with Crippen LogP contribution in [0.5, 0.6) is 5.75 Å². The van der Waals surface area contributed by atoms with Crippen LogP contribution in [0.25, 0.3) is 0 Å². The molecule has 0 spiro atoms. The van der Waals surface area contributed by atoms with Crippen LogP contribution in [0, 0.1) is 18.8 Å². The summed E-state index contributed by atoms with van der Waals surface area (Å²) in [6, 6.07) is 14.0. The fourth-order valence-corrected chi connectivity index (χ4v) is 4.17. The van der Waals surface area contributed by atoms with Crippen LogP contribution in [0.1, 0.15) is 56.4 Å². The smallest absolute Gasteiger partial charge is 0.223 e. The zero-order valence-electron chi connectivity index (χ0n) is 23.4. The number of benzene rings is 2. The first kappa shape index (κ1) is 31.7. The number of nitrogens with one attached hydrogen (secondary N) is 1. The molecule has 0 fully saturated rings. The highest BCUT2D eigenvalue weighted by atomic mass is 16.5. The van der Waals surface area contributed by atoms with Crippen LogP contribution in [0.2, 0.25) is 0 Å². The Morgan fingerprint density at radius 3 is 2.42 bits per heavy atom. The lowest BCUT2D eigenvalue weighted by Crippen LogP contribution is -2.46. The lowest BCUT2D eigenvalue weighted by atomic mass is 9.87. The van der Waals surface area contributed by atoms with Gasteiger partial charge >= 0.3 is 0 Å².